The van der Waals surface area contributed by atoms with E-state index in [-0.39, 0.29) is 0 Å². The molecule has 0 heterocycles. The van der Waals surface area contributed by atoms with Gasteiger partial charge in [0.15, 0.2) is 0 Å². The fourth-order valence-electron chi connectivity index (χ4n) is 0.918. The van der Waals surface area contributed by atoms with E-state index in [0.29, 0.717) is 0 Å². The number of nitrogens with one attached hydrogen (secondary N) is 1. The van der Waals surface area contributed by atoms with Gasteiger partial charge in [-0.1, -0.05) is 0 Å². The van der Waals surface area contributed by atoms with Crippen molar-refractivity contribution >= 4 is 16.0 Å². The Hall–Kier alpha value is -1.64. The van der Waals surface area contributed by atoms with E-state index in [1.165, 1.54) is 5.48 Å². The molecule has 0 aromatic heterocycles. The lowest BCUT2D eigenvalue weighted by atomic mass is 10.2. The zero-order chi connectivity index (χ0) is 11.6. The molecule has 0 aliphatic heterocycles. The van der Waals surface area contributed by atoms with Crippen molar-refractivity contribution in [3.8, 4) is 5.75 Å². The van der Waals surface area contributed by atoms with Gasteiger partial charge < -0.3 is 5.11 Å². The minimum absolute atomic E-state index is 0.465. The third-order valence-corrected chi connectivity index (χ3v) is 2.46. The monoisotopic (exact) mass is 233 g/mol. The molecule has 1 aromatic rings. The summed E-state index contributed by atoms with van der Waals surface area (Å²) < 4.78 is 30.0. The van der Waals surface area contributed by atoms with Gasteiger partial charge >= 0.3 is 0 Å². The summed E-state index contributed by atoms with van der Waals surface area (Å²) in [6.45, 7) is 0. The first kappa shape index (κ1) is 11.4. The highest BCUT2D eigenvalue weighted by molar-refractivity contribution is 7.85. The average molecular weight is 233 g/mol. The number of aromatic hydroxyl groups is 1. The van der Waals surface area contributed by atoms with Crippen LogP contribution in [0.25, 0.3) is 0 Å². The summed E-state index contributed by atoms with van der Waals surface area (Å²) in [5.74, 6) is -1.60. The van der Waals surface area contributed by atoms with E-state index in [2.05, 4.69) is 0 Å². The van der Waals surface area contributed by atoms with Crippen LogP contribution in [0.5, 0.6) is 5.75 Å². The van der Waals surface area contributed by atoms with E-state index in [0.717, 1.165) is 18.2 Å². The Morgan fingerprint density at radius 1 is 1.33 bits per heavy atom. The van der Waals surface area contributed by atoms with E-state index < -0.39 is 32.2 Å². The fraction of sp³-hybridized carbons (Fsp3) is 0. The van der Waals surface area contributed by atoms with Crippen molar-refractivity contribution < 1.29 is 28.1 Å². The molecule has 82 valence electrons. The molecule has 0 fully saturated rings. The van der Waals surface area contributed by atoms with E-state index >= 15 is 0 Å². The molecular formula is C7H7NO6S. The second kappa shape index (κ2) is 3.85. The third kappa shape index (κ3) is 2.43. The van der Waals surface area contributed by atoms with Gasteiger partial charge in [0.2, 0.25) is 0 Å². The van der Waals surface area contributed by atoms with Crippen molar-refractivity contribution in [1.29, 1.82) is 0 Å². The summed E-state index contributed by atoms with van der Waals surface area (Å²) in [7, 11) is -4.46. The Labute approximate surface area is 84.7 Å². The van der Waals surface area contributed by atoms with Gasteiger partial charge in [0.1, 0.15) is 5.75 Å². The van der Waals surface area contributed by atoms with E-state index in [9.17, 15) is 13.2 Å². The molecule has 0 saturated heterocycles. The number of rotatable bonds is 2. The van der Waals surface area contributed by atoms with Crippen molar-refractivity contribution in [3.05, 3.63) is 23.8 Å². The first-order valence-electron chi connectivity index (χ1n) is 3.61. The minimum Gasteiger partial charge on any atom is -0.507 e. The molecule has 4 N–H and O–H groups in total. The maximum Gasteiger partial charge on any atom is 0.294 e. The summed E-state index contributed by atoms with van der Waals surface area (Å²) in [6, 6.07) is 2.56. The van der Waals surface area contributed by atoms with Crippen LogP contribution in [-0.4, -0.2) is 29.2 Å². The van der Waals surface area contributed by atoms with Gasteiger partial charge in [-0.15, -0.1) is 0 Å². The first-order chi connectivity index (χ1) is 6.86. The molecule has 0 atom stereocenters. The highest BCUT2D eigenvalue weighted by atomic mass is 32.2. The molecule has 0 spiro atoms. The molecular weight excluding hydrogens is 226 g/mol. The molecule has 8 heteroatoms. The van der Waals surface area contributed by atoms with Gasteiger partial charge in [-0.05, 0) is 18.2 Å². The van der Waals surface area contributed by atoms with Gasteiger partial charge in [-0.3, -0.25) is 14.6 Å². The standard InChI is InChI=1S/C7H7NO6S/c9-6-2-1-4(15(12,13)14)3-5(6)7(10)8-11/h1-3,9,11H,(H,8,10)(H,12,13,14). The predicted molar refractivity (Wildman–Crippen MR) is 47.2 cm³/mol. The van der Waals surface area contributed by atoms with Gasteiger partial charge in [0, 0.05) is 0 Å². The number of benzene rings is 1. The number of hydroxylamine groups is 1. The molecule has 1 amide bonds. The highest BCUT2D eigenvalue weighted by Gasteiger charge is 2.16. The van der Waals surface area contributed by atoms with Crippen LogP contribution in [-0.2, 0) is 10.1 Å². The Bertz CT molecular complexity index is 494. The van der Waals surface area contributed by atoms with Crippen LogP contribution in [0, 0.1) is 0 Å². The highest BCUT2D eigenvalue weighted by Crippen LogP contribution is 2.20. The summed E-state index contributed by atoms with van der Waals surface area (Å²) in [5, 5.41) is 17.4. The van der Waals surface area contributed by atoms with Crippen LogP contribution >= 0.6 is 0 Å². The van der Waals surface area contributed by atoms with Gasteiger partial charge in [0.25, 0.3) is 16.0 Å². The molecule has 1 rings (SSSR count). The molecule has 0 bridgehead atoms. The van der Waals surface area contributed by atoms with Gasteiger partial charge in [-0.2, -0.15) is 8.42 Å². The number of phenols is 1. The lowest BCUT2D eigenvalue weighted by Gasteiger charge is -2.03. The quantitative estimate of drug-likeness (QED) is 0.317. The van der Waals surface area contributed by atoms with Crippen molar-refractivity contribution in [3.63, 3.8) is 0 Å². The molecule has 7 nitrogen and oxygen atoms in total. The van der Waals surface area contributed by atoms with Crippen LogP contribution in [0.1, 0.15) is 10.4 Å². The number of amides is 1. The topological polar surface area (TPSA) is 124 Å². The van der Waals surface area contributed by atoms with Crippen LogP contribution in [0.15, 0.2) is 23.1 Å². The first-order valence-corrected chi connectivity index (χ1v) is 5.05. The Balaban J connectivity index is 3.36. The average Bonchev–Trinajstić information content (AvgIpc) is 2.15. The summed E-state index contributed by atoms with van der Waals surface area (Å²) in [5.41, 5.74) is 0.760. The van der Waals surface area contributed by atoms with Crippen molar-refractivity contribution in [2.45, 2.75) is 4.90 Å². The smallest absolute Gasteiger partial charge is 0.294 e. The van der Waals surface area contributed by atoms with Crippen molar-refractivity contribution in [2.75, 3.05) is 0 Å². The van der Waals surface area contributed by atoms with Gasteiger partial charge in [0.05, 0.1) is 10.5 Å². The SMILES string of the molecule is O=C(NO)c1cc(S(=O)(=O)O)ccc1O. The second-order valence-corrected chi connectivity index (χ2v) is 4.02. The van der Waals surface area contributed by atoms with E-state index in [1.807, 2.05) is 0 Å². The second-order valence-electron chi connectivity index (χ2n) is 2.59. The van der Waals surface area contributed by atoms with E-state index in [4.69, 9.17) is 14.9 Å². The lowest BCUT2D eigenvalue weighted by Crippen LogP contribution is -2.19. The molecule has 0 radical (unpaired) electrons. The van der Waals surface area contributed by atoms with E-state index in [1.54, 1.807) is 0 Å². The minimum atomic E-state index is -4.46. The number of hydrogen-bond donors (Lipinski definition) is 4. The summed E-state index contributed by atoms with van der Waals surface area (Å²) >= 11 is 0. The molecule has 0 aliphatic carbocycles. The number of carbonyl (C=O) groups is 1. The normalized spacial score (nSPS) is 11.1. The Morgan fingerprint density at radius 3 is 2.40 bits per heavy atom. The number of phenolic OH excluding ortho intramolecular Hbond substituents is 1. The van der Waals surface area contributed by atoms with Crippen LogP contribution in [0.3, 0.4) is 0 Å². The molecule has 1 aromatic carbocycles. The zero-order valence-corrected chi connectivity index (χ0v) is 8.02. The van der Waals surface area contributed by atoms with Crippen molar-refractivity contribution in [2.24, 2.45) is 0 Å². The largest absolute Gasteiger partial charge is 0.507 e. The third-order valence-electron chi connectivity index (χ3n) is 1.61. The Kier molecular flexibility index (Phi) is 2.93. The van der Waals surface area contributed by atoms with Crippen LogP contribution < -0.4 is 5.48 Å². The summed E-state index contributed by atoms with van der Waals surface area (Å²) in [6.07, 6.45) is 0. The number of hydrogen-bond acceptors (Lipinski definition) is 5. The summed E-state index contributed by atoms with van der Waals surface area (Å²) in [4.78, 5) is 10.4. The zero-order valence-electron chi connectivity index (χ0n) is 7.21. The Morgan fingerprint density at radius 2 is 1.93 bits per heavy atom. The lowest BCUT2D eigenvalue weighted by molar-refractivity contribution is 0.0703. The fourth-order valence-corrected chi connectivity index (χ4v) is 1.42. The maximum absolute atomic E-state index is 10.9. The predicted octanol–water partition coefficient (Wildman–Crippen LogP) is -0.242. The molecule has 0 aliphatic rings. The van der Waals surface area contributed by atoms with Crippen LogP contribution in [0.4, 0.5) is 0 Å². The van der Waals surface area contributed by atoms with Crippen molar-refractivity contribution in [1.82, 2.24) is 5.48 Å². The number of carbonyl (C=O) groups excluding carboxylic acids is 1. The molecule has 15 heavy (non-hydrogen) atoms. The van der Waals surface area contributed by atoms with Crippen LogP contribution in [0.2, 0.25) is 0 Å². The maximum atomic E-state index is 10.9. The van der Waals surface area contributed by atoms with Gasteiger partial charge in [-0.25, -0.2) is 5.48 Å². The molecule has 0 saturated carbocycles. The molecule has 0 unspecified atom stereocenters.